The minimum absolute atomic E-state index is 0.367. The first-order chi connectivity index (χ1) is 9.16. The van der Waals surface area contributed by atoms with Crippen LogP contribution in [0.1, 0.15) is 57.6 Å². The van der Waals surface area contributed by atoms with Crippen LogP contribution in [0.15, 0.2) is 30.0 Å². The van der Waals surface area contributed by atoms with Gasteiger partial charge in [0.25, 0.3) is 0 Å². The van der Waals surface area contributed by atoms with Gasteiger partial charge >= 0.3 is 0 Å². The maximum absolute atomic E-state index is 13.0. The molecule has 1 unspecified atom stereocenters. The molecular weight excluding hydrogens is 241 g/mol. The second kappa shape index (κ2) is 6.29. The lowest BCUT2D eigenvalue weighted by molar-refractivity contribution is 0.0624. The Kier molecular flexibility index (Phi) is 4.70. The Morgan fingerprint density at radius 1 is 1.26 bits per heavy atom. The lowest BCUT2D eigenvalue weighted by atomic mass is 9.82. The third-order valence-corrected chi connectivity index (χ3v) is 3.98. The molecule has 0 aliphatic heterocycles. The average molecular weight is 263 g/mol. The fourth-order valence-corrected chi connectivity index (χ4v) is 2.76. The Hall–Kier alpha value is -1.22. The van der Waals surface area contributed by atoms with Crippen molar-refractivity contribution in [3.05, 3.63) is 41.5 Å². The van der Waals surface area contributed by atoms with Gasteiger partial charge in [0.2, 0.25) is 0 Å². The molecule has 104 valence electrons. The van der Waals surface area contributed by atoms with E-state index in [-0.39, 0.29) is 5.82 Å². The minimum atomic E-state index is -1.04. The molecule has 1 aliphatic rings. The lowest BCUT2D eigenvalue weighted by Gasteiger charge is -2.30. The standard InChI is InChI=1S/C16H22FNO/c1-2-16(19,15-11-10-14(17)12-18-15)13-8-6-4-3-5-7-9-13/h8,10-12,19H,2-7,9H2,1H3/b13-8+. The summed E-state index contributed by atoms with van der Waals surface area (Å²) in [6.07, 6.45) is 10.6. The molecular formula is C16H22FNO. The zero-order valence-electron chi connectivity index (χ0n) is 11.5. The second-order valence-electron chi connectivity index (χ2n) is 5.26. The first kappa shape index (κ1) is 14.2. The van der Waals surface area contributed by atoms with Crippen molar-refractivity contribution in [1.82, 2.24) is 4.98 Å². The summed E-state index contributed by atoms with van der Waals surface area (Å²) in [4.78, 5) is 4.08. The highest BCUT2D eigenvalue weighted by molar-refractivity contribution is 5.28. The van der Waals surface area contributed by atoms with Gasteiger partial charge in [-0.3, -0.25) is 4.98 Å². The molecule has 0 aromatic carbocycles. The van der Waals surface area contributed by atoms with Crippen molar-refractivity contribution in [2.24, 2.45) is 0 Å². The van der Waals surface area contributed by atoms with Gasteiger partial charge in [0.05, 0.1) is 11.9 Å². The van der Waals surface area contributed by atoms with E-state index in [0.29, 0.717) is 12.1 Å². The van der Waals surface area contributed by atoms with Crippen molar-refractivity contribution in [1.29, 1.82) is 0 Å². The fraction of sp³-hybridized carbons (Fsp3) is 0.562. The van der Waals surface area contributed by atoms with Crippen molar-refractivity contribution in [3.8, 4) is 0 Å². The predicted molar refractivity (Wildman–Crippen MR) is 74.2 cm³/mol. The summed E-state index contributed by atoms with van der Waals surface area (Å²) in [7, 11) is 0. The summed E-state index contributed by atoms with van der Waals surface area (Å²) < 4.78 is 13.0. The zero-order valence-corrected chi connectivity index (χ0v) is 11.5. The number of aromatic nitrogens is 1. The predicted octanol–water partition coefficient (Wildman–Crippen LogP) is 4.10. The quantitative estimate of drug-likeness (QED) is 0.833. The summed E-state index contributed by atoms with van der Waals surface area (Å²) in [5.74, 6) is -0.367. The number of pyridine rings is 1. The van der Waals surface area contributed by atoms with Crippen molar-refractivity contribution in [3.63, 3.8) is 0 Å². The average Bonchev–Trinajstić information content (AvgIpc) is 2.38. The largest absolute Gasteiger partial charge is 0.379 e. The van der Waals surface area contributed by atoms with E-state index < -0.39 is 5.60 Å². The van der Waals surface area contributed by atoms with Gasteiger partial charge in [0.15, 0.2) is 0 Å². The first-order valence-corrected chi connectivity index (χ1v) is 7.20. The van der Waals surface area contributed by atoms with Crippen LogP contribution >= 0.6 is 0 Å². The van der Waals surface area contributed by atoms with Crippen molar-refractivity contribution in [2.75, 3.05) is 0 Å². The van der Waals surface area contributed by atoms with Gasteiger partial charge in [0, 0.05) is 0 Å². The molecule has 1 N–H and O–H groups in total. The fourth-order valence-electron chi connectivity index (χ4n) is 2.76. The number of rotatable bonds is 3. The molecule has 2 rings (SSSR count). The molecule has 1 atom stereocenters. The van der Waals surface area contributed by atoms with Crippen molar-refractivity contribution in [2.45, 2.75) is 57.5 Å². The molecule has 1 aromatic rings. The highest BCUT2D eigenvalue weighted by Crippen LogP contribution is 2.36. The third kappa shape index (κ3) is 3.21. The second-order valence-corrected chi connectivity index (χ2v) is 5.26. The molecule has 0 amide bonds. The molecule has 2 nitrogen and oxygen atoms in total. The maximum Gasteiger partial charge on any atom is 0.141 e. The normalized spacial score (nSPS) is 22.8. The van der Waals surface area contributed by atoms with E-state index in [9.17, 15) is 9.50 Å². The summed E-state index contributed by atoms with van der Waals surface area (Å²) in [5, 5.41) is 11.0. The number of nitrogens with zero attached hydrogens (tertiary/aromatic N) is 1. The van der Waals surface area contributed by atoms with Gasteiger partial charge in [-0.25, -0.2) is 4.39 Å². The molecule has 0 radical (unpaired) electrons. The monoisotopic (exact) mass is 263 g/mol. The number of aliphatic hydroxyl groups is 1. The van der Waals surface area contributed by atoms with Crippen molar-refractivity contribution < 1.29 is 9.50 Å². The molecule has 0 saturated carbocycles. The van der Waals surface area contributed by atoms with Crippen LogP contribution in [0.3, 0.4) is 0 Å². The van der Waals surface area contributed by atoms with Gasteiger partial charge in [-0.15, -0.1) is 0 Å². The van der Waals surface area contributed by atoms with Crippen molar-refractivity contribution >= 4 is 0 Å². The van der Waals surface area contributed by atoms with E-state index in [0.717, 1.165) is 24.8 Å². The Morgan fingerprint density at radius 3 is 2.74 bits per heavy atom. The van der Waals surface area contributed by atoms with Gasteiger partial charge in [-0.1, -0.05) is 25.8 Å². The molecule has 0 bridgehead atoms. The highest BCUT2D eigenvalue weighted by atomic mass is 19.1. The van der Waals surface area contributed by atoms with Gasteiger partial charge < -0.3 is 5.11 Å². The Labute approximate surface area is 114 Å². The van der Waals surface area contributed by atoms with Gasteiger partial charge in [-0.2, -0.15) is 0 Å². The van der Waals surface area contributed by atoms with Crippen LogP contribution in [0.4, 0.5) is 4.39 Å². The third-order valence-electron chi connectivity index (χ3n) is 3.98. The van der Waals surface area contributed by atoms with Crippen LogP contribution in [0, 0.1) is 5.82 Å². The summed E-state index contributed by atoms with van der Waals surface area (Å²) in [5.41, 5.74) is 0.572. The number of hydrogen-bond acceptors (Lipinski definition) is 2. The smallest absolute Gasteiger partial charge is 0.141 e. The number of allylic oxidation sites excluding steroid dienone is 1. The van der Waals surface area contributed by atoms with Crippen LogP contribution < -0.4 is 0 Å². The van der Waals surface area contributed by atoms with Crippen LogP contribution in [-0.4, -0.2) is 10.1 Å². The van der Waals surface area contributed by atoms with Gasteiger partial charge in [0.1, 0.15) is 11.4 Å². The molecule has 0 fully saturated rings. The molecule has 1 aromatic heterocycles. The summed E-state index contributed by atoms with van der Waals surface area (Å²) in [6.45, 7) is 1.95. The molecule has 1 heterocycles. The van der Waals surface area contributed by atoms with Crippen LogP contribution in [0.5, 0.6) is 0 Å². The molecule has 0 spiro atoms. The Bertz CT molecular complexity index is 441. The topological polar surface area (TPSA) is 33.1 Å². The lowest BCUT2D eigenvalue weighted by Crippen LogP contribution is -2.29. The summed E-state index contributed by atoms with van der Waals surface area (Å²) in [6, 6.07) is 2.96. The number of hydrogen-bond donors (Lipinski definition) is 1. The molecule has 3 heteroatoms. The molecule has 0 saturated heterocycles. The van der Waals surface area contributed by atoms with E-state index in [2.05, 4.69) is 11.1 Å². The summed E-state index contributed by atoms with van der Waals surface area (Å²) >= 11 is 0. The zero-order chi connectivity index (χ0) is 13.7. The van der Waals surface area contributed by atoms with Gasteiger partial charge in [-0.05, 0) is 49.8 Å². The Morgan fingerprint density at radius 2 is 2.05 bits per heavy atom. The van der Waals surface area contributed by atoms with Crippen LogP contribution in [0.2, 0.25) is 0 Å². The van der Waals surface area contributed by atoms with E-state index in [4.69, 9.17) is 0 Å². The van der Waals surface area contributed by atoms with E-state index in [1.54, 1.807) is 6.07 Å². The van der Waals surface area contributed by atoms with E-state index in [1.807, 2.05) is 6.92 Å². The molecule has 19 heavy (non-hydrogen) atoms. The number of halogens is 1. The van der Waals surface area contributed by atoms with E-state index in [1.165, 1.54) is 31.5 Å². The van der Waals surface area contributed by atoms with Crippen LogP contribution in [-0.2, 0) is 5.60 Å². The minimum Gasteiger partial charge on any atom is -0.379 e. The SMILES string of the molecule is CCC(O)(/C1=C/CCCCCC1)c1ccc(F)cn1. The molecule has 1 aliphatic carbocycles. The maximum atomic E-state index is 13.0. The highest BCUT2D eigenvalue weighted by Gasteiger charge is 2.32. The Balaban J connectivity index is 2.31. The van der Waals surface area contributed by atoms with E-state index >= 15 is 0 Å². The first-order valence-electron chi connectivity index (χ1n) is 7.20. The van der Waals surface area contributed by atoms with Crippen LogP contribution in [0.25, 0.3) is 0 Å².